The SMILES string of the molecule is CN[C@@H](C)C(=O)N[C@H](C(=O)N1Cc2cc(NC(=O)CNC(=O)[C@]3(C)CN(C(=O)CN4C[C@@H](C)NCC4CN4CCOC[C@H]4C)c4cc(Cc5ccc(F)cc5)ccc43)ccc2[C@H]1C(=O)Nc1c(F)cccc1F)C1CCOCC1. The average molecular weight is 1090 g/mol. The third-order valence-corrected chi connectivity index (χ3v) is 16.2. The van der Waals surface area contributed by atoms with Crippen molar-refractivity contribution in [1.82, 2.24) is 36.0 Å². The Morgan fingerprint density at radius 1 is 0.861 bits per heavy atom. The van der Waals surface area contributed by atoms with Gasteiger partial charge >= 0.3 is 0 Å². The zero-order valence-corrected chi connectivity index (χ0v) is 45.3. The second kappa shape index (κ2) is 24.7. The number of halogens is 3. The number of likely N-dealkylation sites (N-methyl/N-ethyl adjacent to an activating group) is 1. The lowest BCUT2D eigenvalue weighted by atomic mass is 9.83. The largest absolute Gasteiger partial charge is 0.381 e. The lowest BCUT2D eigenvalue weighted by Gasteiger charge is -2.43. The Kier molecular flexibility index (Phi) is 17.8. The average Bonchev–Trinajstić information content (AvgIpc) is 4.14. The predicted octanol–water partition coefficient (Wildman–Crippen LogP) is 3.98. The maximum absolute atomic E-state index is 14.9. The second-order valence-electron chi connectivity index (χ2n) is 21.8. The second-order valence-corrected chi connectivity index (χ2v) is 21.8. The van der Waals surface area contributed by atoms with Gasteiger partial charge in [-0.25, -0.2) is 13.2 Å². The molecule has 1 unspecified atom stereocenters. The van der Waals surface area contributed by atoms with E-state index in [1.165, 1.54) is 23.1 Å². The number of para-hydroxylation sites is 1. The molecule has 0 aromatic heterocycles. The molecule has 0 saturated carbocycles. The minimum atomic E-state index is -1.40. The van der Waals surface area contributed by atoms with Crippen LogP contribution in [0.4, 0.5) is 30.2 Å². The first-order valence-corrected chi connectivity index (χ1v) is 27.2. The molecule has 4 aromatic rings. The molecule has 5 aliphatic rings. The van der Waals surface area contributed by atoms with Gasteiger partial charge in [-0.05, 0) is 130 Å². The van der Waals surface area contributed by atoms with Crippen LogP contribution in [0.3, 0.4) is 0 Å². The highest BCUT2D eigenvalue weighted by molar-refractivity contribution is 6.05. The highest BCUT2D eigenvalue weighted by Gasteiger charge is 2.48. The first-order chi connectivity index (χ1) is 37.9. The molecule has 3 saturated heterocycles. The van der Waals surface area contributed by atoms with E-state index in [4.69, 9.17) is 9.47 Å². The molecule has 422 valence electrons. The zero-order chi connectivity index (χ0) is 56.1. The molecule has 5 heterocycles. The van der Waals surface area contributed by atoms with Gasteiger partial charge in [-0.15, -0.1) is 0 Å². The Balaban J connectivity index is 0.925. The number of morpholine rings is 1. The topological polar surface area (TPSA) is 206 Å². The molecule has 79 heavy (non-hydrogen) atoms. The fourth-order valence-corrected chi connectivity index (χ4v) is 11.5. The number of ether oxygens (including phenoxy) is 2. The van der Waals surface area contributed by atoms with E-state index in [1.807, 2.05) is 18.2 Å². The first-order valence-electron chi connectivity index (χ1n) is 27.2. The number of rotatable bonds is 17. The highest BCUT2D eigenvalue weighted by atomic mass is 19.1. The third kappa shape index (κ3) is 12.8. The Morgan fingerprint density at radius 2 is 1.59 bits per heavy atom. The van der Waals surface area contributed by atoms with Crippen molar-refractivity contribution in [2.75, 3.05) is 94.8 Å². The molecule has 6 N–H and O–H groups in total. The van der Waals surface area contributed by atoms with Gasteiger partial charge in [0.2, 0.25) is 29.5 Å². The number of fused-ring (bicyclic) bond motifs is 2. The standard InChI is InChI=1S/C58H71F3N10O8/c1-34-28-69(43(26-63-34)30-68-19-22-79-32-35(68)2)31-50(73)71-33-58(4,45-16-11-38(24-48(45)71)23-37-9-12-41(59)13-10-37)57(77)64-27-49(72)65-42-14-15-44-40(25-42)29-70(53(44)55(75)67-52-46(60)7-6-8-47(52)61)56(76)51(39-17-20-78-21-18-39)66-54(74)36(3)62-5/h6-16,24-25,34-36,39,43,51,53,62-63H,17-23,26-33H2,1-5H3,(H,64,77)(H,65,72)(H,66,74)(H,67,75)/t34-,35-,36+,43?,51+,53+,58-/m1/s1. The van der Waals surface area contributed by atoms with Crippen LogP contribution < -0.4 is 36.8 Å². The minimum absolute atomic E-state index is 0.00729. The molecule has 3 fully saturated rings. The van der Waals surface area contributed by atoms with Crippen molar-refractivity contribution in [3.05, 3.63) is 124 Å². The maximum Gasteiger partial charge on any atom is 0.252 e. The van der Waals surface area contributed by atoms with Crippen LogP contribution in [0, 0.1) is 23.4 Å². The van der Waals surface area contributed by atoms with Gasteiger partial charge in [0.05, 0.1) is 37.8 Å². The van der Waals surface area contributed by atoms with E-state index in [9.17, 15) is 41.9 Å². The van der Waals surface area contributed by atoms with Crippen molar-refractivity contribution in [3.63, 3.8) is 0 Å². The third-order valence-electron chi connectivity index (χ3n) is 16.2. The summed E-state index contributed by atoms with van der Waals surface area (Å²) < 4.78 is 55.0. The summed E-state index contributed by atoms with van der Waals surface area (Å²) >= 11 is 0. The number of carbonyl (C=O) groups is 6. The van der Waals surface area contributed by atoms with Crippen molar-refractivity contribution in [2.24, 2.45) is 5.92 Å². The summed E-state index contributed by atoms with van der Waals surface area (Å²) in [5.74, 6) is -5.92. The van der Waals surface area contributed by atoms with E-state index in [-0.39, 0.29) is 61.1 Å². The minimum Gasteiger partial charge on any atom is -0.381 e. The zero-order valence-electron chi connectivity index (χ0n) is 45.3. The summed E-state index contributed by atoms with van der Waals surface area (Å²) in [5, 5.41) is 17.3. The van der Waals surface area contributed by atoms with Crippen LogP contribution in [0.15, 0.2) is 78.9 Å². The Bertz CT molecular complexity index is 2910. The molecule has 0 radical (unpaired) electrons. The van der Waals surface area contributed by atoms with Crippen LogP contribution in [0.25, 0.3) is 0 Å². The van der Waals surface area contributed by atoms with Gasteiger partial charge in [-0.3, -0.25) is 38.6 Å². The fourth-order valence-electron chi connectivity index (χ4n) is 11.5. The molecule has 21 heteroatoms. The number of benzene rings is 4. The van der Waals surface area contributed by atoms with Crippen LogP contribution in [-0.4, -0.2) is 160 Å². The van der Waals surface area contributed by atoms with Crippen molar-refractivity contribution in [1.29, 1.82) is 0 Å². The summed E-state index contributed by atoms with van der Waals surface area (Å²) in [4.78, 5) is 93.0. The van der Waals surface area contributed by atoms with Crippen LogP contribution >= 0.6 is 0 Å². The Labute approximate surface area is 458 Å². The number of nitrogens with zero attached hydrogens (tertiary/aromatic N) is 4. The summed E-state index contributed by atoms with van der Waals surface area (Å²) in [7, 11) is 1.61. The number of hydrogen-bond acceptors (Lipinski definition) is 12. The monoisotopic (exact) mass is 1090 g/mol. The van der Waals surface area contributed by atoms with E-state index in [0.29, 0.717) is 81.2 Å². The van der Waals surface area contributed by atoms with Gasteiger partial charge in [-0.2, -0.15) is 0 Å². The molecule has 4 aromatic carbocycles. The Hall–Kier alpha value is -6.75. The van der Waals surface area contributed by atoms with Gasteiger partial charge in [0.25, 0.3) is 5.91 Å². The number of anilines is 3. The molecule has 0 spiro atoms. The van der Waals surface area contributed by atoms with Gasteiger partial charge in [0.1, 0.15) is 35.2 Å². The summed E-state index contributed by atoms with van der Waals surface area (Å²) in [5.41, 5.74) is 2.00. The lowest BCUT2D eigenvalue weighted by Crippen LogP contribution is -2.62. The molecule has 9 rings (SSSR count). The van der Waals surface area contributed by atoms with Crippen LogP contribution in [0.2, 0.25) is 0 Å². The maximum atomic E-state index is 14.9. The molecular formula is C58H71F3N10O8. The predicted molar refractivity (Wildman–Crippen MR) is 290 cm³/mol. The van der Waals surface area contributed by atoms with E-state index in [2.05, 4.69) is 55.5 Å². The van der Waals surface area contributed by atoms with Gasteiger partial charge in [-0.1, -0.05) is 36.4 Å². The van der Waals surface area contributed by atoms with Gasteiger partial charge < -0.3 is 51.2 Å². The summed E-state index contributed by atoms with van der Waals surface area (Å²) in [6, 6.07) is 17.0. The van der Waals surface area contributed by atoms with E-state index < -0.39 is 76.9 Å². The van der Waals surface area contributed by atoms with Crippen molar-refractivity contribution in [2.45, 2.75) is 95.2 Å². The molecule has 5 aliphatic heterocycles. The molecule has 18 nitrogen and oxygen atoms in total. The molecule has 6 amide bonds. The Morgan fingerprint density at radius 3 is 2.32 bits per heavy atom. The number of hydrogen-bond donors (Lipinski definition) is 6. The molecule has 0 aliphatic carbocycles. The van der Waals surface area contributed by atoms with E-state index in [0.717, 1.165) is 42.4 Å². The number of piperazine rings is 1. The first kappa shape index (κ1) is 57.0. The normalized spacial score (nSPS) is 23.3. The van der Waals surface area contributed by atoms with Crippen LogP contribution in [0.1, 0.15) is 74.4 Å². The fraction of sp³-hybridized carbons (Fsp3) is 0.483. The molecule has 7 atom stereocenters. The smallest absolute Gasteiger partial charge is 0.252 e. The number of amides is 6. The summed E-state index contributed by atoms with van der Waals surface area (Å²) in [6.45, 7) is 12.0. The number of nitrogens with one attached hydrogen (secondary N) is 6. The molecule has 0 bridgehead atoms. The van der Waals surface area contributed by atoms with E-state index >= 15 is 0 Å². The van der Waals surface area contributed by atoms with Crippen molar-refractivity contribution >= 4 is 52.5 Å². The van der Waals surface area contributed by atoms with E-state index in [1.54, 1.807) is 50.1 Å². The molecular weight excluding hydrogens is 1020 g/mol. The van der Waals surface area contributed by atoms with Crippen LogP contribution in [-0.2, 0) is 56.6 Å². The summed E-state index contributed by atoms with van der Waals surface area (Å²) in [6.07, 6.45) is 1.35. The van der Waals surface area contributed by atoms with Crippen molar-refractivity contribution in [3.8, 4) is 0 Å². The van der Waals surface area contributed by atoms with Crippen molar-refractivity contribution < 1.29 is 51.4 Å². The highest BCUT2D eigenvalue weighted by Crippen LogP contribution is 2.43. The van der Waals surface area contributed by atoms with Gasteiger partial charge in [0, 0.05) is 82.0 Å². The quantitative estimate of drug-likeness (QED) is 0.0889. The van der Waals surface area contributed by atoms with Crippen LogP contribution in [0.5, 0.6) is 0 Å². The number of carbonyl (C=O) groups excluding carboxylic acids is 6. The van der Waals surface area contributed by atoms with Gasteiger partial charge in [0.15, 0.2) is 0 Å². The lowest BCUT2D eigenvalue weighted by molar-refractivity contribution is -0.144.